The van der Waals surface area contributed by atoms with Crippen LogP contribution in [0.25, 0.3) is 132 Å². The molecule has 0 aliphatic rings. The topological polar surface area (TPSA) is 36.1 Å². The Labute approximate surface area is 367 Å². The number of nitrogens with zero attached hydrogens (tertiary/aromatic N) is 2. The molecule has 4 aromatic heterocycles. The van der Waals surface area contributed by atoms with Crippen molar-refractivity contribution in [2.24, 2.45) is 0 Å². The first-order valence-corrected chi connectivity index (χ1v) is 21.8. The normalized spacial score (nSPS) is 12.1. The van der Waals surface area contributed by atoms with E-state index in [4.69, 9.17) is 8.83 Å². The fourth-order valence-corrected chi connectivity index (χ4v) is 10.6. The minimum absolute atomic E-state index is 0.873. The van der Waals surface area contributed by atoms with Crippen molar-refractivity contribution in [3.05, 3.63) is 218 Å². The molecule has 0 aliphatic carbocycles. The quantitative estimate of drug-likeness (QED) is 0.173. The summed E-state index contributed by atoms with van der Waals surface area (Å²) in [5, 5.41) is 9.34. The maximum Gasteiger partial charge on any atom is 0.136 e. The van der Waals surface area contributed by atoms with E-state index in [1.54, 1.807) is 0 Å². The summed E-state index contributed by atoms with van der Waals surface area (Å²) in [4.78, 5) is 0. The molecule has 0 unspecified atom stereocenters. The molecule has 0 spiro atoms. The highest BCUT2D eigenvalue weighted by atomic mass is 16.3. The molecule has 0 aliphatic heterocycles. The molecule has 0 saturated heterocycles. The van der Waals surface area contributed by atoms with Crippen LogP contribution in [0.3, 0.4) is 0 Å². The lowest BCUT2D eigenvalue weighted by Gasteiger charge is -2.15. The smallest absolute Gasteiger partial charge is 0.136 e. The van der Waals surface area contributed by atoms with Crippen LogP contribution in [0.2, 0.25) is 0 Å². The number of fused-ring (bicyclic) bond motifs is 12. The van der Waals surface area contributed by atoms with Gasteiger partial charge in [-0.3, -0.25) is 0 Å². The summed E-state index contributed by atoms with van der Waals surface area (Å²) in [7, 11) is 0. The molecular weight excluding hydrogens is 781 g/mol. The van der Waals surface area contributed by atoms with Gasteiger partial charge in [0.25, 0.3) is 0 Å². The van der Waals surface area contributed by atoms with Gasteiger partial charge in [0, 0.05) is 54.5 Å². The Bertz CT molecular complexity index is 4070. The van der Waals surface area contributed by atoms with E-state index in [9.17, 15) is 0 Å². The molecule has 0 fully saturated rings. The highest BCUT2D eigenvalue weighted by molar-refractivity contribution is 6.18. The summed E-state index contributed by atoms with van der Waals surface area (Å²) in [5.74, 6) is 0. The monoisotopic (exact) mass is 816 g/mol. The van der Waals surface area contributed by atoms with Gasteiger partial charge in [0.15, 0.2) is 0 Å². The molecule has 0 N–H and O–H groups in total. The Morgan fingerprint density at radius 1 is 0.250 bits per heavy atom. The third-order valence-corrected chi connectivity index (χ3v) is 13.3. The van der Waals surface area contributed by atoms with E-state index in [2.05, 4.69) is 215 Å². The van der Waals surface area contributed by atoms with E-state index in [0.717, 1.165) is 88.5 Å². The van der Waals surface area contributed by atoms with Crippen molar-refractivity contribution in [3.8, 4) is 44.8 Å². The minimum Gasteiger partial charge on any atom is -0.456 e. The van der Waals surface area contributed by atoms with Crippen LogP contribution in [0.5, 0.6) is 0 Å². The molecule has 0 saturated carbocycles. The molecule has 0 radical (unpaired) electrons. The molecule has 0 atom stereocenters. The SMILES string of the molecule is c1ccc(-n2c3ccccc3c3ccc(-c4cccc5c4c4ccccc4n5-c4cc(-c5cccc6oc7ccccc7c56)cc(-c5cccc6oc7ccccc7c56)c4)cc32)cc1. The fourth-order valence-electron chi connectivity index (χ4n) is 10.6. The second-order valence-electron chi connectivity index (χ2n) is 16.8. The predicted octanol–water partition coefficient (Wildman–Crippen LogP) is 16.7. The van der Waals surface area contributed by atoms with Crippen LogP contribution in [0, 0.1) is 0 Å². The lowest BCUT2D eigenvalue weighted by atomic mass is 9.93. The van der Waals surface area contributed by atoms with Gasteiger partial charge in [0.1, 0.15) is 22.3 Å². The van der Waals surface area contributed by atoms with E-state index in [-0.39, 0.29) is 0 Å². The van der Waals surface area contributed by atoms with E-state index in [1.165, 1.54) is 43.7 Å². The zero-order valence-electron chi connectivity index (χ0n) is 34.5. The van der Waals surface area contributed by atoms with E-state index < -0.39 is 0 Å². The van der Waals surface area contributed by atoms with Crippen molar-refractivity contribution in [2.75, 3.05) is 0 Å². The first kappa shape index (κ1) is 35.0. The van der Waals surface area contributed by atoms with Crippen LogP contribution in [0.4, 0.5) is 0 Å². The van der Waals surface area contributed by atoms with Crippen molar-refractivity contribution >= 4 is 87.5 Å². The van der Waals surface area contributed by atoms with Crippen molar-refractivity contribution in [1.82, 2.24) is 9.13 Å². The number of aromatic nitrogens is 2. The van der Waals surface area contributed by atoms with Gasteiger partial charge in [0.2, 0.25) is 0 Å². The van der Waals surface area contributed by atoms with Gasteiger partial charge in [-0.1, -0.05) is 140 Å². The molecule has 14 aromatic rings. The van der Waals surface area contributed by atoms with E-state index in [1.807, 2.05) is 12.1 Å². The number of furan rings is 2. The molecule has 64 heavy (non-hydrogen) atoms. The maximum absolute atomic E-state index is 6.46. The molecule has 298 valence electrons. The zero-order chi connectivity index (χ0) is 41.9. The second kappa shape index (κ2) is 13.4. The molecule has 0 amide bonds. The van der Waals surface area contributed by atoms with E-state index in [0.29, 0.717) is 0 Å². The van der Waals surface area contributed by atoms with Gasteiger partial charge >= 0.3 is 0 Å². The molecule has 10 aromatic carbocycles. The van der Waals surface area contributed by atoms with Crippen LogP contribution in [0.15, 0.2) is 227 Å². The Morgan fingerprint density at radius 2 is 0.719 bits per heavy atom. The third kappa shape index (κ3) is 5.05. The van der Waals surface area contributed by atoms with Crippen LogP contribution in [-0.4, -0.2) is 9.13 Å². The van der Waals surface area contributed by atoms with Gasteiger partial charge in [0.05, 0.1) is 22.1 Å². The first-order valence-electron chi connectivity index (χ1n) is 21.8. The van der Waals surface area contributed by atoms with Crippen molar-refractivity contribution in [3.63, 3.8) is 0 Å². The molecule has 4 heterocycles. The fraction of sp³-hybridized carbons (Fsp3) is 0. The van der Waals surface area contributed by atoms with E-state index >= 15 is 0 Å². The first-order chi connectivity index (χ1) is 31.7. The summed E-state index contributed by atoms with van der Waals surface area (Å²) in [6, 6.07) is 78.7. The van der Waals surface area contributed by atoms with Crippen LogP contribution >= 0.6 is 0 Å². The zero-order valence-corrected chi connectivity index (χ0v) is 34.5. The number of rotatable bonds is 5. The van der Waals surface area contributed by atoms with Crippen LogP contribution in [0.1, 0.15) is 0 Å². The summed E-state index contributed by atoms with van der Waals surface area (Å²) in [5.41, 5.74) is 17.2. The standard InChI is InChI=1S/C60H36N2O2/c1-2-15-40(16-3-1)61-50-24-8-4-17-45(50)46-32-31-37(36-53(46)61)42-21-12-26-52-58(42)47-18-5-9-25-51(47)62(52)41-34-38(43-22-13-29-56-59(43)48-19-6-10-27-54(48)63-56)33-39(35-41)44-23-14-30-57-60(44)49-20-7-11-28-55(49)64-57/h1-36H. The summed E-state index contributed by atoms with van der Waals surface area (Å²) in [6.07, 6.45) is 0. The van der Waals surface area contributed by atoms with Crippen LogP contribution in [-0.2, 0) is 0 Å². The van der Waals surface area contributed by atoms with Crippen LogP contribution < -0.4 is 0 Å². The molecule has 14 rings (SSSR count). The minimum atomic E-state index is 0.873. The average Bonchev–Trinajstić information content (AvgIpc) is 4.11. The molecular formula is C60H36N2O2. The largest absolute Gasteiger partial charge is 0.456 e. The van der Waals surface area contributed by atoms with Gasteiger partial charge in [-0.05, 0) is 112 Å². The summed E-state index contributed by atoms with van der Waals surface area (Å²) < 4.78 is 17.8. The van der Waals surface area contributed by atoms with Gasteiger partial charge in [-0.15, -0.1) is 0 Å². The lowest BCUT2D eigenvalue weighted by molar-refractivity contribution is 0.668. The summed E-state index contributed by atoms with van der Waals surface area (Å²) in [6.45, 7) is 0. The van der Waals surface area contributed by atoms with Crippen molar-refractivity contribution in [2.45, 2.75) is 0 Å². The van der Waals surface area contributed by atoms with Crippen molar-refractivity contribution in [1.29, 1.82) is 0 Å². The Kier molecular flexibility index (Phi) is 7.36. The van der Waals surface area contributed by atoms with Gasteiger partial charge in [-0.25, -0.2) is 0 Å². The lowest BCUT2D eigenvalue weighted by Crippen LogP contribution is -1.96. The molecule has 4 nitrogen and oxygen atoms in total. The molecule has 0 bridgehead atoms. The highest BCUT2D eigenvalue weighted by Crippen LogP contribution is 2.45. The second-order valence-corrected chi connectivity index (χ2v) is 16.8. The molecule has 4 heteroatoms. The summed E-state index contributed by atoms with van der Waals surface area (Å²) >= 11 is 0. The number of para-hydroxylation sites is 5. The van der Waals surface area contributed by atoms with Gasteiger partial charge in [-0.2, -0.15) is 0 Å². The number of benzene rings is 10. The van der Waals surface area contributed by atoms with Crippen molar-refractivity contribution < 1.29 is 8.83 Å². The van der Waals surface area contributed by atoms with Gasteiger partial charge < -0.3 is 18.0 Å². The Hall–Kier alpha value is -8.60. The Morgan fingerprint density at radius 3 is 1.38 bits per heavy atom. The predicted molar refractivity (Wildman–Crippen MR) is 266 cm³/mol. The third-order valence-electron chi connectivity index (χ3n) is 13.3. The Balaban J connectivity index is 1.05. The number of hydrogen-bond donors (Lipinski definition) is 0. The highest BCUT2D eigenvalue weighted by Gasteiger charge is 2.22. The average molecular weight is 817 g/mol. The number of hydrogen-bond acceptors (Lipinski definition) is 2. The maximum atomic E-state index is 6.46.